The van der Waals surface area contributed by atoms with Gasteiger partial charge in [-0.25, -0.2) is 9.97 Å². The molecule has 3 amide bonds. The van der Waals surface area contributed by atoms with Gasteiger partial charge in [0.05, 0.1) is 11.8 Å². The van der Waals surface area contributed by atoms with E-state index in [0.29, 0.717) is 81.9 Å². The first-order chi connectivity index (χ1) is 24.1. The van der Waals surface area contributed by atoms with E-state index < -0.39 is 6.10 Å². The van der Waals surface area contributed by atoms with Gasteiger partial charge in [-0.05, 0) is 61.6 Å². The van der Waals surface area contributed by atoms with Crippen LogP contribution in [-0.4, -0.2) is 119 Å². The Labute approximate surface area is 292 Å². The Hall–Kier alpha value is -4.69. The van der Waals surface area contributed by atoms with Crippen molar-refractivity contribution in [2.24, 2.45) is 0 Å². The lowest BCUT2D eigenvalue weighted by Gasteiger charge is -2.35. The highest BCUT2D eigenvalue weighted by atomic mass is 16.5. The molecule has 14 nitrogen and oxygen atoms in total. The van der Waals surface area contributed by atoms with Gasteiger partial charge in [0.15, 0.2) is 12.2 Å². The van der Waals surface area contributed by atoms with Crippen molar-refractivity contribution in [1.29, 1.82) is 0 Å². The van der Waals surface area contributed by atoms with E-state index in [1.165, 1.54) is 17.5 Å². The number of ether oxygens (including phenoxy) is 1. The lowest BCUT2D eigenvalue weighted by atomic mass is 9.99. The second-order valence-electron chi connectivity index (χ2n) is 13.4. The molecular formula is C36H48N8O6. The minimum Gasteiger partial charge on any atom is -0.486 e. The zero-order chi connectivity index (χ0) is 35.2. The third kappa shape index (κ3) is 8.90. The molecule has 2 fully saturated rings. The Morgan fingerprint density at radius 3 is 2.42 bits per heavy atom. The average molecular weight is 689 g/mol. The van der Waals surface area contributed by atoms with Gasteiger partial charge >= 0.3 is 0 Å². The smallest absolute Gasteiger partial charge is 0.251 e. The summed E-state index contributed by atoms with van der Waals surface area (Å²) in [5.41, 5.74) is 3.68. The molecule has 0 aliphatic carbocycles. The van der Waals surface area contributed by atoms with Gasteiger partial charge in [0.1, 0.15) is 24.0 Å². The van der Waals surface area contributed by atoms with E-state index in [1.807, 2.05) is 22.8 Å². The topological polar surface area (TPSA) is 157 Å². The largest absolute Gasteiger partial charge is 0.486 e. The number of hydrogen-bond donors (Lipinski definition) is 3. The van der Waals surface area contributed by atoms with Gasteiger partial charge in [0.25, 0.3) is 5.91 Å². The SMILES string of the molecule is CC(=O)N1CCC(Nc2cc(C(=O)NC[C@H](O)CN3CCc4cc(OCc5ocnc5C)ccc4C3)cc(N3CCN(C(C)=O)CC3)n2)CC1. The molecule has 268 valence electrons. The molecule has 0 bridgehead atoms. The predicted octanol–water partition coefficient (Wildman–Crippen LogP) is 2.20. The first-order valence-corrected chi connectivity index (χ1v) is 17.5. The maximum absolute atomic E-state index is 13.5. The molecule has 0 saturated carbocycles. The van der Waals surface area contributed by atoms with Crippen molar-refractivity contribution in [3.8, 4) is 5.75 Å². The molecule has 6 rings (SSSR count). The average Bonchev–Trinajstić information content (AvgIpc) is 3.53. The van der Waals surface area contributed by atoms with Gasteiger partial charge in [-0.3, -0.25) is 19.3 Å². The fraction of sp³-hybridized carbons (Fsp3) is 0.528. The molecule has 3 N–H and O–H groups in total. The van der Waals surface area contributed by atoms with E-state index in [4.69, 9.17) is 14.1 Å². The lowest BCUT2D eigenvalue weighted by molar-refractivity contribution is -0.130. The summed E-state index contributed by atoms with van der Waals surface area (Å²) in [6.45, 7) is 11.2. The minimum atomic E-state index is -0.752. The maximum atomic E-state index is 13.5. The molecule has 1 aromatic carbocycles. The van der Waals surface area contributed by atoms with Crippen LogP contribution in [0.15, 0.2) is 41.1 Å². The number of aliphatic hydroxyl groups is 1. The molecule has 3 aliphatic rings. The normalized spacial score (nSPS) is 17.6. The summed E-state index contributed by atoms with van der Waals surface area (Å²) in [5, 5.41) is 17.4. The Morgan fingerprint density at radius 2 is 1.72 bits per heavy atom. The van der Waals surface area contributed by atoms with E-state index in [2.05, 4.69) is 37.6 Å². The van der Waals surface area contributed by atoms with E-state index in [9.17, 15) is 19.5 Å². The minimum absolute atomic E-state index is 0.0475. The van der Waals surface area contributed by atoms with Crippen LogP contribution >= 0.6 is 0 Å². The number of carbonyl (C=O) groups excluding carboxylic acids is 3. The highest BCUT2D eigenvalue weighted by Crippen LogP contribution is 2.26. The Balaban J connectivity index is 1.04. The highest BCUT2D eigenvalue weighted by Gasteiger charge is 2.25. The first kappa shape index (κ1) is 35.1. The number of oxazole rings is 1. The van der Waals surface area contributed by atoms with E-state index in [1.54, 1.807) is 26.0 Å². The van der Waals surface area contributed by atoms with Crippen LogP contribution in [0.1, 0.15) is 59.6 Å². The Morgan fingerprint density at radius 1 is 0.980 bits per heavy atom. The lowest BCUT2D eigenvalue weighted by Crippen LogP contribution is -2.48. The summed E-state index contributed by atoms with van der Waals surface area (Å²) < 4.78 is 11.3. The summed E-state index contributed by atoms with van der Waals surface area (Å²) in [6.07, 6.45) is 3.07. The van der Waals surface area contributed by atoms with E-state index >= 15 is 0 Å². The fourth-order valence-electron chi connectivity index (χ4n) is 6.80. The molecule has 1 atom stereocenters. The first-order valence-electron chi connectivity index (χ1n) is 17.5. The summed E-state index contributed by atoms with van der Waals surface area (Å²) in [5.74, 6) is 2.59. The van der Waals surface area contributed by atoms with Gasteiger partial charge < -0.3 is 39.6 Å². The van der Waals surface area contributed by atoms with Gasteiger partial charge in [0, 0.05) is 90.9 Å². The van der Waals surface area contributed by atoms with Crippen LogP contribution in [0.3, 0.4) is 0 Å². The number of pyridine rings is 1. The number of amides is 3. The zero-order valence-corrected chi connectivity index (χ0v) is 29.2. The van der Waals surface area contributed by atoms with Gasteiger partial charge in [-0.2, -0.15) is 0 Å². The molecule has 0 radical (unpaired) electrons. The van der Waals surface area contributed by atoms with Crippen molar-refractivity contribution >= 4 is 29.4 Å². The van der Waals surface area contributed by atoms with Gasteiger partial charge in [0.2, 0.25) is 11.8 Å². The van der Waals surface area contributed by atoms with Crippen molar-refractivity contribution in [3.05, 3.63) is 64.9 Å². The van der Waals surface area contributed by atoms with Crippen LogP contribution in [0, 0.1) is 6.92 Å². The number of nitrogens with one attached hydrogen (secondary N) is 2. The second-order valence-corrected chi connectivity index (χ2v) is 13.4. The van der Waals surface area contributed by atoms with Crippen LogP contribution in [0.2, 0.25) is 0 Å². The summed E-state index contributed by atoms with van der Waals surface area (Å²) >= 11 is 0. The number of nitrogens with zero attached hydrogens (tertiary/aromatic N) is 6. The Kier molecular flexibility index (Phi) is 11.2. The standard InChI is InChI=1S/C36H48N8O6/c1-24-33(50-23-38-24)22-49-32-5-4-28-20-41(9-6-27(28)16-32)21-31(47)19-37-36(48)29-17-34(39-30-7-10-42(11-8-30)25(2)45)40-35(18-29)44-14-12-43(13-15-44)26(3)46/h4-5,16-18,23,30-31,47H,6-15,19-22H2,1-3H3,(H,37,48)(H,39,40)/t31-/m0/s1. The molecule has 0 unspecified atom stereocenters. The van der Waals surface area contributed by atoms with Crippen LogP contribution in [0.5, 0.6) is 5.75 Å². The number of piperazine rings is 1. The van der Waals surface area contributed by atoms with Crippen molar-refractivity contribution in [3.63, 3.8) is 0 Å². The number of β-amino-alcohol motifs (C(OH)–C–C–N with tert-alkyl or cyclic N) is 1. The van der Waals surface area contributed by atoms with Crippen LogP contribution in [-0.2, 0) is 29.2 Å². The number of rotatable bonds is 11. The van der Waals surface area contributed by atoms with Crippen LogP contribution in [0.25, 0.3) is 0 Å². The van der Waals surface area contributed by atoms with Crippen molar-refractivity contribution in [2.75, 3.05) is 69.1 Å². The quantitative estimate of drug-likeness (QED) is 0.272. The van der Waals surface area contributed by atoms with Crippen molar-refractivity contribution in [2.45, 2.75) is 65.3 Å². The number of likely N-dealkylation sites (tertiary alicyclic amines) is 1. The van der Waals surface area contributed by atoms with Gasteiger partial charge in [-0.15, -0.1) is 0 Å². The molecule has 2 aromatic heterocycles. The molecule has 3 aliphatic heterocycles. The van der Waals surface area contributed by atoms with Crippen LogP contribution < -0.4 is 20.3 Å². The molecule has 14 heteroatoms. The number of piperidine rings is 1. The maximum Gasteiger partial charge on any atom is 0.251 e. The molecule has 5 heterocycles. The van der Waals surface area contributed by atoms with E-state index in [-0.39, 0.29) is 30.3 Å². The number of benzene rings is 1. The summed E-state index contributed by atoms with van der Waals surface area (Å²) in [6, 6.07) is 9.74. The molecule has 2 saturated heterocycles. The Bertz CT molecular complexity index is 1660. The number of anilines is 2. The fourth-order valence-corrected chi connectivity index (χ4v) is 6.80. The zero-order valence-electron chi connectivity index (χ0n) is 29.2. The number of aryl methyl sites for hydroxylation is 1. The second kappa shape index (κ2) is 15.9. The molecule has 50 heavy (non-hydrogen) atoms. The number of hydrogen-bond acceptors (Lipinski definition) is 11. The number of fused-ring (bicyclic) bond motifs is 1. The van der Waals surface area contributed by atoms with Crippen LogP contribution in [0.4, 0.5) is 11.6 Å². The van der Waals surface area contributed by atoms with Crippen molar-refractivity contribution < 1.29 is 28.6 Å². The highest BCUT2D eigenvalue weighted by molar-refractivity contribution is 5.95. The molecule has 0 spiro atoms. The third-order valence-electron chi connectivity index (χ3n) is 9.87. The summed E-state index contributed by atoms with van der Waals surface area (Å²) in [4.78, 5) is 54.1. The summed E-state index contributed by atoms with van der Waals surface area (Å²) in [7, 11) is 0. The third-order valence-corrected chi connectivity index (χ3v) is 9.87. The number of aromatic nitrogens is 2. The van der Waals surface area contributed by atoms with Gasteiger partial charge in [-0.1, -0.05) is 6.07 Å². The monoisotopic (exact) mass is 688 g/mol. The number of carbonyl (C=O) groups is 3. The van der Waals surface area contributed by atoms with Crippen molar-refractivity contribution in [1.82, 2.24) is 30.0 Å². The molecule has 3 aromatic rings. The number of aliphatic hydroxyl groups excluding tert-OH is 1. The molecular weight excluding hydrogens is 640 g/mol. The predicted molar refractivity (Wildman–Crippen MR) is 187 cm³/mol. The van der Waals surface area contributed by atoms with E-state index in [0.717, 1.165) is 37.3 Å².